The zero-order valence-electron chi connectivity index (χ0n) is 9.29. The second kappa shape index (κ2) is 4.08. The highest BCUT2D eigenvalue weighted by molar-refractivity contribution is 7.16. The molecule has 0 radical (unpaired) electrons. The smallest absolute Gasteiger partial charge is 0.0931 e. The third-order valence-electron chi connectivity index (χ3n) is 3.77. The van der Waals surface area contributed by atoms with E-state index in [1.807, 2.05) is 6.07 Å². The van der Waals surface area contributed by atoms with Gasteiger partial charge >= 0.3 is 0 Å². The molecule has 84 valence electrons. The second-order valence-electron chi connectivity index (χ2n) is 4.96. The molecule has 1 heterocycles. The first-order valence-corrected chi connectivity index (χ1v) is 6.75. The molecule has 1 aromatic rings. The summed E-state index contributed by atoms with van der Waals surface area (Å²) in [6.45, 7) is 4.63. The molecule has 1 aliphatic carbocycles. The van der Waals surface area contributed by atoms with E-state index in [2.05, 4.69) is 19.9 Å². The Balaban J connectivity index is 2.20. The monoisotopic (exact) mass is 243 g/mol. The molecule has 0 amide bonds. The van der Waals surface area contributed by atoms with Gasteiger partial charge in [-0.1, -0.05) is 25.4 Å². The fraction of sp³-hybridized carbons (Fsp3) is 0.667. The summed E-state index contributed by atoms with van der Waals surface area (Å²) in [4.78, 5) is 1.26. The predicted molar refractivity (Wildman–Crippen MR) is 67.4 cm³/mol. The van der Waals surface area contributed by atoms with Crippen molar-refractivity contribution in [2.75, 3.05) is 0 Å². The van der Waals surface area contributed by atoms with Crippen molar-refractivity contribution in [3.05, 3.63) is 21.3 Å². The van der Waals surface area contributed by atoms with Crippen molar-refractivity contribution in [3.8, 4) is 0 Å². The van der Waals surface area contributed by atoms with Crippen LogP contribution in [0.5, 0.6) is 0 Å². The summed E-state index contributed by atoms with van der Waals surface area (Å²) in [5.74, 6) is 1.52. The minimum Gasteiger partial charge on any atom is -0.321 e. The van der Waals surface area contributed by atoms with E-state index >= 15 is 0 Å². The minimum absolute atomic E-state index is 0.121. The van der Waals surface area contributed by atoms with Gasteiger partial charge in [-0.15, -0.1) is 11.3 Å². The Labute approximate surface area is 101 Å². The maximum absolute atomic E-state index is 6.50. The highest BCUT2D eigenvalue weighted by Gasteiger charge is 2.36. The molecule has 1 aliphatic rings. The van der Waals surface area contributed by atoms with E-state index in [1.54, 1.807) is 11.3 Å². The number of hydrogen-bond donors (Lipinski definition) is 1. The summed E-state index contributed by atoms with van der Waals surface area (Å²) in [5.41, 5.74) is 6.38. The maximum Gasteiger partial charge on any atom is 0.0931 e. The molecular weight excluding hydrogens is 226 g/mol. The van der Waals surface area contributed by atoms with E-state index in [1.165, 1.54) is 11.3 Å². The third kappa shape index (κ3) is 2.22. The lowest BCUT2D eigenvalue weighted by molar-refractivity contribution is 0.180. The Kier molecular flexibility index (Phi) is 3.11. The van der Waals surface area contributed by atoms with Gasteiger partial charge in [-0.05, 0) is 43.2 Å². The van der Waals surface area contributed by atoms with Crippen LogP contribution in [-0.4, -0.2) is 0 Å². The molecule has 0 bridgehead atoms. The van der Waals surface area contributed by atoms with Gasteiger partial charge in [0.25, 0.3) is 0 Å². The van der Waals surface area contributed by atoms with Crippen molar-refractivity contribution in [3.63, 3.8) is 0 Å². The Bertz CT molecular complexity index is 349. The highest BCUT2D eigenvalue weighted by Crippen LogP contribution is 2.43. The van der Waals surface area contributed by atoms with Crippen molar-refractivity contribution in [1.29, 1.82) is 0 Å². The van der Waals surface area contributed by atoms with Crippen LogP contribution in [0, 0.1) is 11.8 Å². The molecule has 0 aliphatic heterocycles. The van der Waals surface area contributed by atoms with Gasteiger partial charge in [-0.3, -0.25) is 0 Å². The van der Waals surface area contributed by atoms with Crippen molar-refractivity contribution in [2.45, 2.75) is 38.6 Å². The van der Waals surface area contributed by atoms with Crippen molar-refractivity contribution in [1.82, 2.24) is 0 Å². The standard InChI is InChI=1S/C12H18ClNS/c1-8-5-6-12(14,7-9(8)2)10-3-4-11(13)15-10/h3-4,8-9H,5-7,14H2,1-2H3. The van der Waals surface area contributed by atoms with Gasteiger partial charge in [-0.2, -0.15) is 0 Å². The summed E-state index contributed by atoms with van der Waals surface area (Å²) in [6.07, 6.45) is 3.41. The molecule has 0 spiro atoms. The van der Waals surface area contributed by atoms with Gasteiger partial charge in [0, 0.05) is 4.88 Å². The number of halogens is 1. The number of rotatable bonds is 1. The molecule has 2 rings (SSSR count). The van der Waals surface area contributed by atoms with E-state index < -0.39 is 0 Å². The number of nitrogens with two attached hydrogens (primary N) is 1. The Morgan fingerprint density at radius 1 is 1.40 bits per heavy atom. The average molecular weight is 244 g/mol. The SMILES string of the molecule is CC1CCC(N)(c2ccc(Cl)s2)CC1C. The first-order chi connectivity index (χ1) is 7.01. The Morgan fingerprint density at radius 3 is 2.67 bits per heavy atom. The normalized spacial score (nSPS) is 36.8. The fourth-order valence-electron chi connectivity index (χ4n) is 2.45. The molecule has 1 nitrogen and oxygen atoms in total. The molecule has 3 heteroatoms. The molecular formula is C12H18ClNS. The molecule has 0 aromatic carbocycles. The Morgan fingerprint density at radius 2 is 2.13 bits per heavy atom. The second-order valence-corrected chi connectivity index (χ2v) is 6.67. The Hall–Kier alpha value is -0.0500. The van der Waals surface area contributed by atoms with Crippen LogP contribution >= 0.6 is 22.9 Å². The lowest BCUT2D eigenvalue weighted by atomic mass is 9.71. The van der Waals surface area contributed by atoms with Crippen molar-refractivity contribution >= 4 is 22.9 Å². The van der Waals surface area contributed by atoms with E-state index in [-0.39, 0.29) is 5.54 Å². The summed E-state index contributed by atoms with van der Waals surface area (Å²) in [6, 6.07) is 4.05. The molecule has 1 saturated carbocycles. The van der Waals surface area contributed by atoms with E-state index in [0.717, 1.165) is 23.1 Å². The van der Waals surface area contributed by atoms with Crippen molar-refractivity contribution in [2.24, 2.45) is 17.6 Å². The van der Waals surface area contributed by atoms with Crippen LogP contribution in [0.15, 0.2) is 12.1 Å². The van der Waals surface area contributed by atoms with Crippen molar-refractivity contribution < 1.29 is 0 Å². The zero-order chi connectivity index (χ0) is 11.1. The van der Waals surface area contributed by atoms with Crippen LogP contribution < -0.4 is 5.73 Å². The van der Waals surface area contributed by atoms with Crippen LogP contribution in [-0.2, 0) is 5.54 Å². The van der Waals surface area contributed by atoms with Crippen LogP contribution in [0.1, 0.15) is 38.0 Å². The molecule has 3 atom stereocenters. The average Bonchev–Trinajstić information content (AvgIpc) is 2.60. The summed E-state index contributed by atoms with van der Waals surface area (Å²) in [5, 5.41) is 0. The first-order valence-electron chi connectivity index (χ1n) is 5.56. The third-order valence-corrected chi connectivity index (χ3v) is 5.22. The molecule has 1 aromatic heterocycles. The van der Waals surface area contributed by atoms with E-state index in [4.69, 9.17) is 17.3 Å². The van der Waals surface area contributed by atoms with Crippen LogP contribution in [0.2, 0.25) is 4.34 Å². The van der Waals surface area contributed by atoms with Crippen LogP contribution in [0.4, 0.5) is 0 Å². The lowest BCUT2D eigenvalue weighted by Crippen LogP contribution is -2.42. The van der Waals surface area contributed by atoms with E-state index in [9.17, 15) is 0 Å². The predicted octanol–water partition coefficient (Wildman–Crippen LogP) is 4.01. The first kappa shape index (κ1) is 11.4. The topological polar surface area (TPSA) is 26.0 Å². The van der Waals surface area contributed by atoms with Gasteiger partial charge in [-0.25, -0.2) is 0 Å². The molecule has 15 heavy (non-hydrogen) atoms. The highest BCUT2D eigenvalue weighted by atomic mass is 35.5. The maximum atomic E-state index is 6.50. The van der Waals surface area contributed by atoms with Gasteiger partial charge in [0.1, 0.15) is 0 Å². The van der Waals surface area contributed by atoms with Gasteiger partial charge < -0.3 is 5.73 Å². The van der Waals surface area contributed by atoms with Gasteiger partial charge in [0.2, 0.25) is 0 Å². The number of thiophene rings is 1. The molecule has 0 saturated heterocycles. The summed E-state index contributed by atoms with van der Waals surface area (Å²) < 4.78 is 0.848. The zero-order valence-corrected chi connectivity index (χ0v) is 10.9. The number of hydrogen-bond acceptors (Lipinski definition) is 2. The largest absolute Gasteiger partial charge is 0.321 e. The molecule has 2 N–H and O–H groups in total. The van der Waals surface area contributed by atoms with Gasteiger partial charge in [0.15, 0.2) is 0 Å². The van der Waals surface area contributed by atoms with Crippen LogP contribution in [0.25, 0.3) is 0 Å². The minimum atomic E-state index is -0.121. The fourth-order valence-corrected chi connectivity index (χ4v) is 3.64. The van der Waals surface area contributed by atoms with Crippen LogP contribution in [0.3, 0.4) is 0 Å². The summed E-state index contributed by atoms with van der Waals surface area (Å²) >= 11 is 7.61. The lowest BCUT2D eigenvalue weighted by Gasteiger charge is -2.39. The quantitative estimate of drug-likeness (QED) is 0.793. The summed E-state index contributed by atoms with van der Waals surface area (Å²) in [7, 11) is 0. The van der Waals surface area contributed by atoms with Gasteiger partial charge in [0.05, 0.1) is 9.88 Å². The molecule has 3 unspecified atom stereocenters. The molecule has 1 fully saturated rings. The van der Waals surface area contributed by atoms with E-state index in [0.29, 0.717) is 5.92 Å².